The van der Waals surface area contributed by atoms with E-state index in [1.165, 1.54) is 0 Å². The van der Waals surface area contributed by atoms with E-state index in [-0.39, 0.29) is 45.1 Å². The van der Waals surface area contributed by atoms with E-state index in [0.717, 1.165) is 38.9 Å². The van der Waals surface area contributed by atoms with Gasteiger partial charge in [0.1, 0.15) is 54.9 Å². The van der Waals surface area contributed by atoms with E-state index in [9.17, 15) is 5.11 Å². The molecule has 0 amide bonds. The van der Waals surface area contributed by atoms with Crippen molar-refractivity contribution >= 4 is 0 Å². The topological polar surface area (TPSA) is 122 Å². The Hall–Kier alpha value is -5.94. The lowest BCUT2D eigenvalue weighted by atomic mass is 9.81. The Balaban J connectivity index is 0.997. The third-order valence-electron chi connectivity index (χ3n) is 15.5. The predicted octanol–water partition coefficient (Wildman–Crippen LogP) is 11.8. The van der Waals surface area contributed by atoms with Gasteiger partial charge < -0.3 is 57.2 Å². The number of rotatable bonds is 26. The van der Waals surface area contributed by atoms with Crippen molar-refractivity contribution in [3.63, 3.8) is 0 Å². The van der Waals surface area contributed by atoms with Crippen molar-refractivity contribution in [2.75, 3.05) is 6.61 Å². The highest BCUT2D eigenvalue weighted by Crippen LogP contribution is 2.40. The molecule has 2 aliphatic heterocycles. The molecule has 2 saturated heterocycles. The van der Waals surface area contributed by atoms with Gasteiger partial charge in [0.2, 0.25) is 0 Å². The molecule has 12 nitrogen and oxygen atoms in total. The molecule has 426 valence electrons. The van der Waals surface area contributed by atoms with Crippen molar-refractivity contribution in [2.24, 2.45) is 5.92 Å². The molecule has 1 aliphatic carbocycles. The van der Waals surface area contributed by atoms with Crippen LogP contribution in [0.25, 0.3) is 0 Å². The summed E-state index contributed by atoms with van der Waals surface area (Å²) in [5.41, 5.74) is 6.96. The molecule has 3 aliphatic rings. The largest absolute Gasteiger partial charge is 0.388 e. The molecule has 1 N–H and O–H groups in total. The predicted molar refractivity (Wildman–Crippen MR) is 308 cm³/mol. The van der Waals surface area contributed by atoms with Gasteiger partial charge in [-0.05, 0) is 65.1 Å². The van der Waals surface area contributed by atoms with Crippen molar-refractivity contribution < 1.29 is 57.2 Å². The van der Waals surface area contributed by atoms with Gasteiger partial charge in [0.05, 0.1) is 77.3 Å². The zero-order valence-electron chi connectivity index (χ0n) is 46.7. The van der Waals surface area contributed by atoms with Crippen LogP contribution in [0.4, 0.5) is 0 Å². The summed E-state index contributed by atoms with van der Waals surface area (Å²) in [7, 11) is 0. The van der Waals surface area contributed by atoms with E-state index in [0.29, 0.717) is 26.2 Å². The van der Waals surface area contributed by atoms with E-state index >= 15 is 0 Å². The van der Waals surface area contributed by atoms with Crippen LogP contribution in [0.2, 0.25) is 0 Å². The molecular formula is C69H78O12. The minimum absolute atomic E-state index is 0.129. The molecule has 6 unspecified atom stereocenters. The van der Waals surface area contributed by atoms with Crippen LogP contribution in [-0.2, 0) is 98.4 Å². The summed E-state index contributed by atoms with van der Waals surface area (Å²) in [6.07, 6.45) is -9.96. The Bertz CT molecular complexity index is 2840. The second-order valence-electron chi connectivity index (χ2n) is 21.6. The molecule has 0 radical (unpaired) electrons. The van der Waals surface area contributed by atoms with Gasteiger partial charge in [-0.25, -0.2) is 0 Å². The molecular weight excluding hydrogens is 1020 g/mol. The molecule has 0 aromatic heterocycles. The molecule has 7 aromatic carbocycles. The SMILES string of the molecule is CC1C[C@@H](OC2[C@H](C)OC(C)[C@H](OCc3ccccc3)[C@H]2OCc2ccccc2)C(O)[C@H](O[C@H]2O[C@H](COCc3ccccc3)[C@@H](OCc3ccccc3)C(OCc3ccccc3)C2OCc2ccccc2)[C@H]1OCc1ccccc1. The first-order valence-corrected chi connectivity index (χ1v) is 28.7. The Kier molecular flexibility index (Phi) is 21.5. The zero-order valence-corrected chi connectivity index (χ0v) is 46.7. The average Bonchev–Trinajstić information content (AvgIpc) is 3.57. The maximum Gasteiger partial charge on any atom is 0.187 e. The summed E-state index contributed by atoms with van der Waals surface area (Å²) >= 11 is 0. The molecule has 3 fully saturated rings. The maximum absolute atomic E-state index is 13.2. The highest BCUT2D eigenvalue weighted by Gasteiger charge is 2.55. The Labute approximate surface area is 478 Å². The van der Waals surface area contributed by atoms with Gasteiger partial charge in [0, 0.05) is 0 Å². The molecule has 0 spiro atoms. The van der Waals surface area contributed by atoms with Crippen molar-refractivity contribution in [3.05, 3.63) is 251 Å². The first-order valence-electron chi connectivity index (χ1n) is 28.7. The standard InChI is InChI=1S/C69H78O12/c1-48-39-58(79-63-50(3)78-49(2)62(73-42-53-29-15-6-16-30-53)66(63)75-44-55-33-19-8-20-34-55)60(70)65(61(48)72-41-52-27-13-5-14-28-52)81-69-68(77-46-57-37-23-10-24-38-57)67(76-45-56-35-21-9-22-36-56)64(74-43-54-31-17-7-18-32-54)59(80-69)47-71-40-51-25-11-4-12-26-51/h4-38,48-50,58-70H,39-47H2,1-3H3/t48?,49?,50-,58+,59+,60?,61-,62-,63?,64+,65-,66+,67?,68?,69+/m0/s1. The number of aliphatic hydroxyl groups is 1. The fraction of sp³-hybridized carbons (Fsp3) is 0.391. The second kappa shape index (κ2) is 29.9. The van der Waals surface area contributed by atoms with E-state index < -0.39 is 79.5 Å². The number of ether oxygens (including phenoxy) is 11. The number of hydrogen-bond acceptors (Lipinski definition) is 12. The minimum atomic E-state index is -1.24. The van der Waals surface area contributed by atoms with Crippen LogP contribution in [-0.4, -0.2) is 97.4 Å². The molecule has 1 saturated carbocycles. The summed E-state index contributed by atoms with van der Waals surface area (Å²) in [4.78, 5) is 0. The summed E-state index contributed by atoms with van der Waals surface area (Å²) in [6, 6.07) is 70.4. The number of benzene rings is 7. The Morgan fingerprint density at radius 3 is 1.10 bits per heavy atom. The third-order valence-corrected chi connectivity index (χ3v) is 15.5. The Morgan fingerprint density at radius 2 is 0.679 bits per heavy atom. The monoisotopic (exact) mass is 1100 g/mol. The lowest BCUT2D eigenvalue weighted by molar-refractivity contribution is -0.356. The van der Waals surface area contributed by atoms with E-state index in [2.05, 4.69) is 6.92 Å². The molecule has 2 heterocycles. The van der Waals surface area contributed by atoms with Crippen LogP contribution in [0.15, 0.2) is 212 Å². The highest BCUT2D eigenvalue weighted by molar-refractivity contribution is 5.19. The van der Waals surface area contributed by atoms with Gasteiger partial charge in [0.15, 0.2) is 6.29 Å². The quantitative estimate of drug-likeness (QED) is 0.0556. The van der Waals surface area contributed by atoms with Crippen molar-refractivity contribution in [1.29, 1.82) is 0 Å². The zero-order chi connectivity index (χ0) is 55.6. The maximum atomic E-state index is 13.2. The van der Waals surface area contributed by atoms with Gasteiger partial charge in [0.25, 0.3) is 0 Å². The summed E-state index contributed by atoms with van der Waals surface area (Å²) in [5, 5.41) is 13.2. The first-order chi connectivity index (χ1) is 39.8. The van der Waals surface area contributed by atoms with Crippen LogP contribution >= 0.6 is 0 Å². The smallest absolute Gasteiger partial charge is 0.187 e. The van der Waals surface area contributed by atoms with Gasteiger partial charge in [-0.2, -0.15) is 0 Å². The van der Waals surface area contributed by atoms with Crippen LogP contribution in [0, 0.1) is 5.92 Å². The van der Waals surface area contributed by atoms with Gasteiger partial charge in [-0.3, -0.25) is 0 Å². The fourth-order valence-corrected chi connectivity index (χ4v) is 11.3. The lowest BCUT2D eigenvalue weighted by Gasteiger charge is -2.51. The average molecular weight is 1100 g/mol. The summed E-state index contributed by atoms with van der Waals surface area (Å²) in [6.45, 7) is 8.30. The van der Waals surface area contributed by atoms with Crippen LogP contribution in [0.1, 0.15) is 66.1 Å². The van der Waals surface area contributed by atoms with Gasteiger partial charge in [-0.1, -0.05) is 219 Å². The van der Waals surface area contributed by atoms with Crippen molar-refractivity contribution in [3.8, 4) is 0 Å². The van der Waals surface area contributed by atoms with Gasteiger partial charge >= 0.3 is 0 Å². The molecule has 81 heavy (non-hydrogen) atoms. The van der Waals surface area contributed by atoms with E-state index in [4.69, 9.17) is 52.1 Å². The lowest BCUT2D eigenvalue weighted by Crippen LogP contribution is -2.65. The Morgan fingerprint density at radius 1 is 0.346 bits per heavy atom. The van der Waals surface area contributed by atoms with Crippen LogP contribution in [0.5, 0.6) is 0 Å². The molecule has 10 rings (SSSR count). The van der Waals surface area contributed by atoms with Crippen molar-refractivity contribution in [1.82, 2.24) is 0 Å². The van der Waals surface area contributed by atoms with E-state index in [1.54, 1.807) is 0 Å². The normalized spacial score (nSPS) is 28.6. The molecule has 7 aromatic rings. The summed E-state index contributed by atoms with van der Waals surface area (Å²) in [5.74, 6) is -0.191. The molecule has 15 atom stereocenters. The number of hydrogen-bond donors (Lipinski definition) is 1. The van der Waals surface area contributed by atoms with Crippen molar-refractivity contribution in [2.45, 2.75) is 159 Å². The second-order valence-corrected chi connectivity index (χ2v) is 21.6. The van der Waals surface area contributed by atoms with Crippen LogP contribution in [0.3, 0.4) is 0 Å². The van der Waals surface area contributed by atoms with Gasteiger partial charge in [-0.15, -0.1) is 0 Å². The molecule has 0 bridgehead atoms. The summed E-state index contributed by atoms with van der Waals surface area (Å²) < 4.78 is 77.0. The number of aliphatic hydroxyl groups excluding tert-OH is 1. The van der Waals surface area contributed by atoms with E-state index in [1.807, 2.05) is 226 Å². The minimum Gasteiger partial charge on any atom is -0.388 e. The highest BCUT2D eigenvalue weighted by atomic mass is 16.7. The first kappa shape index (κ1) is 58.3. The van der Waals surface area contributed by atoms with Crippen LogP contribution < -0.4 is 0 Å². The molecule has 12 heteroatoms. The third kappa shape index (κ3) is 16.2. The fourth-order valence-electron chi connectivity index (χ4n) is 11.3.